The Morgan fingerprint density at radius 3 is 2.48 bits per heavy atom. The first-order valence-corrected chi connectivity index (χ1v) is 9.20. The van der Waals surface area contributed by atoms with Crippen molar-refractivity contribution < 1.29 is 4.79 Å². The van der Waals surface area contributed by atoms with E-state index in [0.29, 0.717) is 17.1 Å². The van der Waals surface area contributed by atoms with Crippen LogP contribution in [0.1, 0.15) is 39.4 Å². The standard InChI is InChI=1S/C22H21ClN2O2/c1-15-4-2-5-16(12-15)20(17-6-3-7-19(23)13-17)10-11-24-22(27)18-8-9-21(26)25-14-18/h2-9,12-14,20H,10-11H2,1H3,(H,24,27)(H,25,26). The van der Waals surface area contributed by atoms with Crippen LogP contribution in [0, 0.1) is 6.92 Å². The Morgan fingerprint density at radius 1 is 1.07 bits per heavy atom. The highest BCUT2D eigenvalue weighted by Gasteiger charge is 2.15. The lowest BCUT2D eigenvalue weighted by atomic mass is 9.88. The lowest BCUT2D eigenvalue weighted by Gasteiger charge is -2.19. The van der Waals surface area contributed by atoms with Gasteiger partial charge < -0.3 is 10.3 Å². The Bertz CT molecular complexity index is 931. The van der Waals surface area contributed by atoms with Crippen molar-refractivity contribution in [3.63, 3.8) is 0 Å². The molecule has 0 spiro atoms. The van der Waals surface area contributed by atoms with Gasteiger partial charge in [-0.2, -0.15) is 0 Å². The number of halogens is 1. The number of rotatable bonds is 6. The Labute approximate surface area is 163 Å². The molecule has 1 aromatic heterocycles. The molecule has 27 heavy (non-hydrogen) atoms. The number of amides is 1. The van der Waals surface area contributed by atoms with Crippen molar-refractivity contribution in [2.45, 2.75) is 19.3 Å². The van der Waals surface area contributed by atoms with Crippen LogP contribution in [0.15, 0.2) is 71.7 Å². The number of benzene rings is 2. The van der Waals surface area contributed by atoms with E-state index in [9.17, 15) is 9.59 Å². The van der Waals surface area contributed by atoms with E-state index >= 15 is 0 Å². The highest BCUT2D eigenvalue weighted by atomic mass is 35.5. The number of aryl methyl sites for hydroxylation is 1. The van der Waals surface area contributed by atoms with Crippen LogP contribution in [-0.4, -0.2) is 17.4 Å². The molecule has 1 unspecified atom stereocenters. The predicted octanol–water partition coefficient (Wildman–Crippen LogP) is 4.29. The Hall–Kier alpha value is -2.85. The number of hydrogen-bond acceptors (Lipinski definition) is 2. The van der Waals surface area contributed by atoms with Crippen molar-refractivity contribution in [1.29, 1.82) is 0 Å². The maximum atomic E-state index is 12.3. The molecule has 2 N–H and O–H groups in total. The van der Waals surface area contributed by atoms with Crippen LogP contribution in [0.4, 0.5) is 0 Å². The molecule has 0 saturated carbocycles. The van der Waals surface area contributed by atoms with Gasteiger partial charge in [0.05, 0.1) is 5.56 Å². The van der Waals surface area contributed by atoms with E-state index in [4.69, 9.17) is 11.6 Å². The fourth-order valence-electron chi connectivity index (χ4n) is 3.12. The zero-order valence-electron chi connectivity index (χ0n) is 15.0. The number of aromatic nitrogens is 1. The van der Waals surface area contributed by atoms with Crippen LogP contribution in [0.5, 0.6) is 0 Å². The maximum Gasteiger partial charge on any atom is 0.252 e. The van der Waals surface area contributed by atoms with Crippen LogP contribution >= 0.6 is 11.6 Å². The minimum atomic E-state index is -0.230. The fourth-order valence-corrected chi connectivity index (χ4v) is 3.32. The van der Waals surface area contributed by atoms with Crippen molar-refractivity contribution in [2.24, 2.45) is 0 Å². The highest BCUT2D eigenvalue weighted by molar-refractivity contribution is 6.30. The molecule has 0 fully saturated rings. The molecule has 2 aromatic carbocycles. The maximum absolute atomic E-state index is 12.3. The summed E-state index contributed by atoms with van der Waals surface area (Å²) in [7, 11) is 0. The monoisotopic (exact) mass is 380 g/mol. The summed E-state index contributed by atoms with van der Waals surface area (Å²) >= 11 is 6.19. The van der Waals surface area contributed by atoms with E-state index in [1.165, 1.54) is 29.5 Å². The molecule has 1 atom stereocenters. The van der Waals surface area contributed by atoms with Gasteiger partial charge in [0.2, 0.25) is 5.56 Å². The number of H-pyrrole nitrogens is 1. The molecule has 0 aliphatic heterocycles. The molecule has 138 valence electrons. The minimum Gasteiger partial charge on any atom is -0.352 e. The van der Waals surface area contributed by atoms with Crippen LogP contribution in [-0.2, 0) is 0 Å². The van der Waals surface area contributed by atoms with Gasteiger partial charge in [0, 0.05) is 29.7 Å². The number of pyridine rings is 1. The normalized spacial score (nSPS) is 11.8. The van der Waals surface area contributed by atoms with E-state index in [2.05, 4.69) is 41.5 Å². The molecule has 0 saturated heterocycles. The van der Waals surface area contributed by atoms with Gasteiger partial charge in [-0.05, 0) is 42.7 Å². The Kier molecular flexibility index (Phi) is 6.09. The first-order chi connectivity index (χ1) is 13.0. The zero-order valence-corrected chi connectivity index (χ0v) is 15.8. The van der Waals surface area contributed by atoms with Crippen LogP contribution in [0.2, 0.25) is 5.02 Å². The molecule has 0 radical (unpaired) electrons. The van der Waals surface area contributed by atoms with Gasteiger partial charge in [0.1, 0.15) is 0 Å². The minimum absolute atomic E-state index is 0.125. The van der Waals surface area contributed by atoms with Gasteiger partial charge in [-0.15, -0.1) is 0 Å². The average Bonchev–Trinajstić information content (AvgIpc) is 2.65. The van der Waals surface area contributed by atoms with Gasteiger partial charge in [-0.25, -0.2) is 0 Å². The summed E-state index contributed by atoms with van der Waals surface area (Å²) in [4.78, 5) is 25.9. The van der Waals surface area contributed by atoms with E-state index < -0.39 is 0 Å². The molecule has 1 heterocycles. The molecular formula is C22H21ClN2O2. The molecule has 3 aromatic rings. The summed E-state index contributed by atoms with van der Waals surface area (Å²) in [5.74, 6) is -0.0835. The van der Waals surface area contributed by atoms with Crippen molar-refractivity contribution in [1.82, 2.24) is 10.3 Å². The quantitative estimate of drug-likeness (QED) is 0.670. The number of carbonyl (C=O) groups is 1. The van der Waals surface area contributed by atoms with Crippen molar-refractivity contribution in [3.8, 4) is 0 Å². The second-order valence-electron chi connectivity index (χ2n) is 6.51. The molecule has 0 aliphatic rings. The first kappa shape index (κ1) is 18.9. The second-order valence-corrected chi connectivity index (χ2v) is 6.94. The average molecular weight is 381 g/mol. The Morgan fingerprint density at radius 2 is 1.81 bits per heavy atom. The molecular weight excluding hydrogens is 360 g/mol. The van der Waals surface area contributed by atoms with E-state index in [1.54, 1.807) is 0 Å². The summed E-state index contributed by atoms with van der Waals surface area (Å²) < 4.78 is 0. The lowest BCUT2D eigenvalue weighted by Crippen LogP contribution is -2.26. The summed E-state index contributed by atoms with van der Waals surface area (Å²) in [6.07, 6.45) is 2.16. The third-order valence-electron chi connectivity index (χ3n) is 4.46. The van der Waals surface area contributed by atoms with Gasteiger partial charge in [0.25, 0.3) is 5.91 Å². The summed E-state index contributed by atoms with van der Waals surface area (Å²) in [5.41, 5.74) is 3.70. The highest BCUT2D eigenvalue weighted by Crippen LogP contribution is 2.29. The van der Waals surface area contributed by atoms with Crippen molar-refractivity contribution in [3.05, 3.63) is 104 Å². The van der Waals surface area contributed by atoms with Gasteiger partial charge in [0.15, 0.2) is 0 Å². The number of aromatic amines is 1. The van der Waals surface area contributed by atoms with E-state index in [1.807, 2.05) is 24.3 Å². The van der Waals surface area contributed by atoms with Gasteiger partial charge >= 0.3 is 0 Å². The number of nitrogens with one attached hydrogen (secondary N) is 2. The van der Waals surface area contributed by atoms with E-state index in [0.717, 1.165) is 12.0 Å². The zero-order chi connectivity index (χ0) is 19.2. The molecule has 4 nitrogen and oxygen atoms in total. The Balaban J connectivity index is 1.74. The van der Waals surface area contributed by atoms with Gasteiger partial charge in [-0.1, -0.05) is 53.6 Å². The first-order valence-electron chi connectivity index (χ1n) is 8.82. The second kappa shape index (κ2) is 8.69. The molecule has 1 amide bonds. The smallest absolute Gasteiger partial charge is 0.252 e. The van der Waals surface area contributed by atoms with Gasteiger partial charge in [-0.3, -0.25) is 9.59 Å². The summed E-state index contributed by atoms with van der Waals surface area (Å²) in [5, 5.41) is 3.62. The lowest BCUT2D eigenvalue weighted by molar-refractivity contribution is 0.0952. The van der Waals surface area contributed by atoms with Crippen LogP contribution < -0.4 is 10.9 Å². The summed E-state index contributed by atoms with van der Waals surface area (Å²) in [6.45, 7) is 2.57. The molecule has 3 rings (SSSR count). The number of carbonyl (C=O) groups excluding carboxylic acids is 1. The van der Waals surface area contributed by atoms with E-state index in [-0.39, 0.29) is 17.4 Å². The third-order valence-corrected chi connectivity index (χ3v) is 4.70. The largest absolute Gasteiger partial charge is 0.352 e. The predicted molar refractivity (Wildman–Crippen MR) is 108 cm³/mol. The molecule has 5 heteroatoms. The SMILES string of the molecule is Cc1cccc(C(CCNC(=O)c2ccc(=O)[nH]c2)c2cccc(Cl)c2)c1. The molecule has 0 bridgehead atoms. The third kappa shape index (κ3) is 5.08. The van der Waals surface area contributed by atoms with Crippen LogP contribution in [0.3, 0.4) is 0 Å². The topological polar surface area (TPSA) is 62.0 Å². The molecule has 0 aliphatic carbocycles. The number of hydrogen-bond donors (Lipinski definition) is 2. The fraction of sp³-hybridized carbons (Fsp3) is 0.182. The van der Waals surface area contributed by atoms with Crippen molar-refractivity contribution in [2.75, 3.05) is 6.54 Å². The van der Waals surface area contributed by atoms with Crippen molar-refractivity contribution >= 4 is 17.5 Å². The summed E-state index contributed by atoms with van der Waals surface area (Å²) in [6, 6.07) is 19.1. The van der Waals surface area contributed by atoms with Crippen LogP contribution in [0.25, 0.3) is 0 Å².